The molecule has 0 spiro atoms. The minimum atomic E-state index is 0.492. The van der Waals surface area contributed by atoms with Crippen molar-refractivity contribution in [2.24, 2.45) is 21.5 Å². The van der Waals surface area contributed by atoms with Crippen LogP contribution in [0.4, 0.5) is 0 Å². The van der Waals surface area contributed by atoms with Crippen LogP contribution in [0, 0.1) is 0 Å². The molecule has 0 amide bonds. The summed E-state index contributed by atoms with van der Waals surface area (Å²) in [5.74, 6) is 0.984. The molecular weight excluding hydrogens is 276 g/mol. The van der Waals surface area contributed by atoms with E-state index in [1.165, 1.54) is 0 Å². The molecule has 0 aromatic carbocycles. The summed E-state index contributed by atoms with van der Waals surface area (Å²) in [6.45, 7) is 14.3. The third kappa shape index (κ3) is 14.4. The van der Waals surface area contributed by atoms with E-state index in [0.717, 1.165) is 49.9 Å². The fourth-order valence-electron chi connectivity index (χ4n) is 1.59. The normalized spacial score (nSPS) is 12.1. The van der Waals surface area contributed by atoms with Crippen molar-refractivity contribution in [3.8, 4) is 0 Å². The maximum Gasteiger partial charge on any atom is 0.188 e. The molecule has 0 heterocycles. The van der Waals surface area contributed by atoms with Gasteiger partial charge in [0.15, 0.2) is 11.9 Å². The zero-order valence-electron chi connectivity index (χ0n) is 14.1. The molecule has 0 rings (SSSR count). The largest absolute Gasteiger partial charge is 0.370 e. The summed E-state index contributed by atoms with van der Waals surface area (Å²) >= 11 is 0. The standard InChI is InChI=1S/C16H32N6/c1-13(2)11-21-15(17)19-9-7-5-6-8-10-20-16(18)22-12-14(3)4/h1,3,5-12H2,2,4H3,(H3,17,19,21)(H3,18,20,22). The molecule has 0 saturated heterocycles. The number of hydrogen-bond acceptors (Lipinski definition) is 2. The molecule has 6 nitrogen and oxygen atoms in total. The van der Waals surface area contributed by atoms with Gasteiger partial charge in [-0.1, -0.05) is 37.1 Å². The molecule has 6 heteroatoms. The summed E-state index contributed by atoms with van der Waals surface area (Å²) in [6.07, 6.45) is 4.43. The van der Waals surface area contributed by atoms with Crippen LogP contribution in [0.2, 0.25) is 0 Å². The van der Waals surface area contributed by atoms with E-state index in [-0.39, 0.29) is 0 Å². The van der Waals surface area contributed by atoms with E-state index >= 15 is 0 Å². The lowest BCUT2D eigenvalue weighted by Crippen LogP contribution is -2.33. The first-order valence-corrected chi connectivity index (χ1v) is 7.78. The minimum Gasteiger partial charge on any atom is -0.370 e. The Labute approximate surface area is 134 Å². The minimum absolute atomic E-state index is 0.492. The van der Waals surface area contributed by atoms with Gasteiger partial charge in [-0.15, -0.1) is 0 Å². The molecule has 0 saturated carbocycles. The van der Waals surface area contributed by atoms with Gasteiger partial charge in [0.1, 0.15) is 0 Å². The first kappa shape index (κ1) is 20.0. The maximum atomic E-state index is 5.72. The van der Waals surface area contributed by atoms with E-state index in [2.05, 4.69) is 33.8 Å². The van der Waals surface area contributed by atoms with E-state index in [4.69, 9.17) is 11.5 Å². The van der Waals surface area contributed by atoms with Crippen molar-refractivity contribution in [3.63, 3.8) is 0 Å². The van der Waals surface area contributed by atoms with Crippen molar-refractivity contribution in [2.45, 2.75) is 39.5 Å². The second-order valence-corrected chi connectivity index (χ2v) is 5.58. The zero-order chi connectivity index (χ0) is 16.8. The summed E-state index contributed by atoms with van der Waals surface area (Å²) in [5.41, 5.74) is 13.4. The molecule has 0 aliphatic rings. The highest BCUT2D eigenvalue weighted by Gasteiger charge is 1.94. The second kappa shape index (κ2) is 12.7. The second-order valence-electron chi connectivity index (χ2n) is 5.58. The molecule has 0 aromatic rings. The molecule has 0 aromatic heterocycles. The van der Waals surface area contributed by atoms with Gasteiger partial charge >= 0.3 is 0 Å². The molecule has 0 aliphatic heterocycles. The number of guanidine groups is 2. The lowest BCUT2D eigenvalue weighted by molar-refractivity contribution is 0.622. The fraction of sp³-hybridized carbons (Fsp3) is 0.625. The molecule has 0 fully saturated rings. The van der Waals surface area contributed by atoms with Crippen LogP contribution < -0.4 is 22.1 Å². The first-order valence-electron chi connectivity index (χ1n) is 7.78. The Bertz CT molecular complexity index is 359. The van der Waals surface area contributed by atoms with Crippen LogP contribution in [-0.2, 0) is 0 Å². The topological polar surface area (TPSA) is 101 Å². The molecular formula is C16H32N6. The number of aliphatic imine (C=N–C) groups is 2. The predicted octanol–water partition coefficient (Wildman–Crippen LogP) is 1.51. The fourth-order valence-corrected chi connectivity index (χ4v) is 1.59. The Kier molecular flexibility index (Phi) is 11.6. The highest BCUT2D eigenvalue weighted by Crippen LogP contribution is 1.97. The van der Waals surface area contributed by atoms with Gasteiger partial charge in [0.25, 0.3) is 0 Å². The van der Waals surface area contributed by atoms with Gasteiger partial charge in [0, 0.05) is 13.1 Å². The van der Waals surface area contributed by atoms with Crippen LogP contribution in [0.15, 0.2) is 34.3 Å². The smallest absolute Gasteiger partial charge is 0.188 e. The SMILES string of the molecule is C=C(C)CN=C(N)NCCCCCCNC(N)=NCC(=C)C. The van der Waals surface area contributed by atoms with Crippen molar-refractivity contribution in [2.75, 3.05) is 26.2 Å². The monoisotopic (exact) mass is 308 g/mol. The summed E-state index contributed by atoms with van der Waals surface area (Å²) in [7, 11) is 0. The van der Waals surface area contributed by atoms with E-state index in [0.29, 0.717) is 25.0 Å². The van der Waals surface area contributed by atoms with Crippen LogP contribution >= 0.6 is 0 Å². The summed E-state index contributed by atoms with van der Waals surface area (Å²) in [5, 5.41) is 6.20. The van der Waals surface area contributed by atoms with Gasteiger partial charge < -0.3 is 22.1 Å². The van der Waals surface area contributed by atoms with Gasteiger partial charge in [-0.05, 0) is 26.7 Å². The lowest BCUT2D eigenvalue weighted by atomic mass is 10.2. The van der Waals surface area contributed by atoms with Crippen molar-refractivity contribution >= 4 is 11.9 Å². The Balaban J connectivity index is 3.47. The molecule has 0 radical (unpaired) electrons. The zero-order valence-corrected chi connectivity index (χ0v) is 14.1. The Morgan fingerprint density at radius 3 is 1.45 bits per heavy atom. The molecule has 0 unspecified atom stereocenters. The van der Waals surface area contributed by atoms with Crippen molar-refractivity contribution in [1.29, 1.82) is 0 Å². The van der Waals surface area contributed by atoms with Gasteiger partial charge in [0.2, 0.25) is 0 Å². The highest BCUT2D eigenvalue weighted by atomic mass is 15.1. The van der Waals surface area contributed by atoms with Crippen molar-refractivity contribution < 1.29 is 0 Å². The average Bonchev–Trinajstić information content (AvgIpc) is 2.45. The maximum absolute atomic E-state index is 5.72. The predicted molar refractivity (Wildman–Crippen MR) is 97.1 cm³/mol. The third-order valence-electron chi connectivity index (χ3n) is 2.75. The van der Waals surface area contributed by atoms with E-state index in [1.54, 1.807) is 0 Å². The molecule has 126 valence electrons. The third-order valence-corrected chi connectivity index (χ3v) is 2.75. The lowest BCUT2D eigenvalue weighted by Gasteiger charge is -2.07. The van der Waals surface area contributed by atoms with Crippen LogP contribution in [0.1, 0.15) is 39.5 Å². The Hall–Kier alpha value is -1.98. The van der Waals surface area contributed by atoms with Gasteiger partial charge in [-0.25, -0.2) is 9.98 Å². The number of nitrogens with two attached hydrogens (primary N) is 2. The molecule has 0 atom stereocenters. The van der Waals surface area contributed by atoms with E-state index in [9.17, 15) is 0 Å². The van der Waals surface area contributed by atoms with Gasteiger partial charge in [0.05, 0.1) is 13.1 Å². The molecule has 6 N–H and O–H groups in total. The quantitative estimate of drug-likeness (QED) is 0.201. The van der Waals surface area contributed by atoms with Crippen molar-refractivity contribution in [3.05, 3.63) is 24.3 Å². The van der Waals surface area contributed by atoms with Gasteiger partial charge in [-0.2, -0.15) is 0 Å². The Morgan fingerprint density at radius 2 is 1.14 bits per heavy atom. The summed E-state index contributed by atoms with van der Waals surface area (Å²) < 4.78 is 0. The average molecular weight is 308 g/mol. The number of unbranched alkanes of at least 4 members (excludes halogenated alkanes) is 3. The first-order chi connectivity index (χ1) is 10.4. The molecule has 0 aliphatic carbocycles. The number of nitrogens with one attached hydrogen (secondary N) is 2. The van der Waals surface area contributed by atoms with Crippen molar-refractivity contribution in [1.82, 2.24) is 10.6 Å². The van der Waals surface area contributed by atoms with Crippen LogP contribution in [-0.4, -0.2) is 38.1 Å². The highest BCUT2D eigenvalue weighted by molar-refractivity contribution is 5.78. The number of rotatable bonds is 11. The Morgan fingerprint density at radius 1 is 0.773 bits per heavy atom. The van der Waals surface area contributed by atoms with Crippen LogP contribution in [0.3, 0.4) is 0 Å². The van der Waals surface area contributed by atoms with Crippen LogP contribution in [0.5, 0.6) is 0 Å². The molecule has 0 bridgehead atoms. The van der Waals surface area contributed by atoms with Gasteiger partial charge in [-0.3, -0.25) is 0 Å². The van der Waals surface area contributed by atoms with E-state index in [1.807, 2.05) is 13.8 Å². The summed E-state index contributed by atoms with van der Waals surface area (Å²) in [6, 6.07) is 0. The number of hydrogen-bond donors (Lipinski definition) is 4. The van der Waals surface area contributed by atoms with E-state index < -0.39 is 0 Å². The number of nitrogens with zero attached hydrogens (tertiary/aromatic N) is 2. The summed E-state index contributed by atoms with van der Waals surface area (Å²) in [4.78, 5) is 8.32. The molecule has 22 heavy (non-hydrogen) atoms. The van der Waals surface area contributed by atoms with Crippen LogP contribution in [0.25, 0.3) is 0 Å².